The van der Waals surface area contributed by atoms with Crippen molar-refractivity contribution in [2.24, 2.45) is 5.73 Å². The number of aromatic nitrogens is 2. The number of fused-ring (bicyclic) bond motifs is 1. The van der Waals surface area contributed by atoms with Crippen molar-refractivity contribution >= 4 is 51.4 Å². The fraction of sp³-hybridized carbons (Fsp3) is 0.211. The largest absolute Gasteiger partial charge is 0.507 e. The standard InChI is InChI=1S/C19H19IN4O4/c20-12-9-11(5-6-16(12)26)10-15(18(21)28)24-14-4-2-1-3-13(14)22-19(24)23-17(27)7-8-25/h1-6,9,15,25-26H,7-8,10H2,(H2,21,28)(H,22,23,27). The van der Waals surface area contributed by atoms with Crippen LogP contribution in [0, 0.1) is 3.57 Å². The van der Waals surface area contributed by atoms with Crippen LogP contribution in [0.1, 0.15) is 18.0 Å². The van der Waals surface area contributed by atoms with E-state index in [1.54, 1.807) is 47.0 Å². The first-order valence-corrected chi connectivity index (χ1v) is 9.63. The summed E-state index contributed by atoms with van der Waals surface area (Å²) in [5.74, 6) is -0.646. The second-order valence-electron chi connectivity index (χ2n) is 6.22. The van der Waals surface area contributed by atoms with Crippen molar-refractivity contribution in [3.8, 4) is 5.75 Å². The lowest BCUT2D eigenvalue weighted by Crippen LogP contribution is -2.30. The van der Waals surface area contributed by atoms with Crippen molar-refractivity contribution in [2.75, 3.05) is 11.9 Å². The molecule has 0 aliphatic rings. The highest BCUT2D eigenvalue weighted by Gasteiger charge is 2.25. The van der Waals surface area contributed by atoms with Crippen LogP contribution in [-0.2, 0) is 16.0 Å². The Labute approximate surface area is 174 Å². The summed E-state index contributed by atoms with van der Waals surface area (Å²) in [4.78, 5) is 28.7. The van der Waals surface area contributed by atoms with Gasteiger partial charge in [0.2, 0.25) is 17.8 Å². The third kappa shape index (κ3) is 4.25. The molecule has 5 N–H and O–H groups in total. The molecule has 0 fully saturated rings. The lowest BCUT2D eigenvalue weighted by molar-refractivity contribution is -0.121. The van der Waals surface area contributed by atoms with E-state index in [4.69, 9.17) is 10.8 Å². The van der Waals surface area contributed by atoms with Gasteiger partial charge in [0.15, 0.2) is 0 Å². The smallest absolute Gasteiger partial charge is 0.240 e. The molecule has 2 aromatic carbocycles. The number of primary amides is 1. The minimum atomic E-state index is -0.808. The highest BCUT2D eigenvalue weighted by atomic mass is 127. The summed E-state index contributed by atoms with van der Waals surface area (Å²) in [6.07, 6.45) is 0.176. The topological polar surface area (TPSA) is 130 Å². The van der Waals surface area contributed by atoms with Crippen LogP contribution in [0.5, 0.6) is 5.75 Å². The Morgan fingerprint density at radius 2 is 2.00 bits per heavy atom. The normalized spacial score (nSPS) is 12.1. The minimum absolute atomic E-state index is 0.0827. The van der Waals surface area contributed by atoms with Crippen molar-refractivity contribution < 1.29 is 19.8 Å². The molecule has 2 amide bonds. The van der Waals surface area contributed by atoms with Gasteiger partial charge in [-0.15, -0.1) is 0 Å². The van der Waals surface area contributed by atoms with Gasteiger partial charge in [-0.2, -0.15) is 0 Å². The monoisotopic (exact) mass is 494 g/mol. The average molecular weight is 494 g/mol. The summed E-state index contributed by atoms with van der Waals surface area (Å²) in [5.41, 5.74) is 7.76. The maximum atomic E-state index is 12.3. The Balaban J connectivity index is 2.07. The van der Waals surface area contributed by atoms with E-state index in [-0.39, 0.29) is 31.1 Å². The second-order valence-corrected chi connectivity index (χ2v) is 7.39. The molecule has 3 aromatic rings. The van der Waals surface area contributed by atoms with E-state index in [9.17, 15) is 14.7 Å². The van der Waals surface area contributed by atoms with Gasteiger partial charge >= 0.3 is 0 Å². The van der Waals surface area contributed by atoms with Crippen molar-refractivity contribution in [1.82, 2.24) is 9.55 Å². The van der Waals surface area contributed by atoms with Gasteiger partial charge in [-0.3, -0.25) is 19.5 Å². The Morgan fingerprint density at radius 1 is 1.25 bits per heavy atom. The van der Waals surface area contributed by atoms with Crippen molar-refractivity contribution in [3.05, 3.63) is 51.6 Å². The number of hydrogen-bond acceptors (Lipinski definition) is 5. The van der Waals surface area contributed by atoms with Crippen LogP contribution in [0.15, 0.2) is 42.5 Å². The molecule has 0 radical (unpaired) electrons. The van der Waals surface area contributed by atoms with Gasteiger partial charge in [0.1, 0.15) is 11.8 Å². The molecule has 9 heteroatoms. The highest BCUT2D eigenvalue weighted by Crippen LogP contribution is 2.28. The predicted molar refractivity (Wildman–Crippen MR) is 113 cm³/mol. The number of para-hydroxylation sites is 2. The van der Waals surface area contributed by atoms with Gasteiger partial charge in [-0.1, -0.05) is 18.2 Å². The Bertz CT molecular complexity index is 1030. The van der Waals surface area contributed by atoms with E-state index in [2.05, 4.69) is 10.3 Å². The maximum absolute atomic E-state index is 12.3. The molecule has 0 saturated carbocycles. The van der Waals surface area contributed by atoms with E-state index in [0.717, 1.165) is 5.56 Å². The van der Waals surface area contributed by atoms with E-state index < -0.39 is 17.9 Å². The Morgan fingerprint density at radius 3 is 2.68 bits per heavy atom. The fourth-order valence-corrected chi connectivity index (χ4v) is 3.54. The lowest BCUT2D eigenvalue weighted by Gasteiger charge is -2.19. The average Bonchev–Trinajstić information content (AvgIpc) is 3.00. The van der Waals surface area contributed by atoms with Gasteiger partial charge in [-0.05, 0) is 52.4 Å². The number of aliphatic hydroxyl groups excluding tert-OH is 1. The molecule has 0 spiro atoms. The van der Waals surface area contributed by atoms with Crippen molar-refractivity contribution in [3.63, 3.8) is 0 Å². The zero-order chi connectivity index (χ0) is 20.3. The summed E-state index contributed by atoms with van der Waals surface area (Å²) in [6.45, 7) is -0.294. The number of phenolic OH excluding ortho intramolecular Hbond substituents is 1. The molecule has 0 aliphatic heterocycles. The number of aromatic hydroxyl groups is 1. The van der Waals surface area contributed by atoms with E-state index in [1.807, 2.05) is 22.6 Å². The van der Waals surface area contributed by atoms with Gasteiger partial charge in [0.25, 0.3) is 0 Å². The molecule has 146 valence electrons. The third-order valence-electron chi connectivity index (χ3n) is 4.27. The molecule has 0 aliphatic carbocycles. The number of hydrogen-bond donors (Lipinski definition) is 4. The summed E-state index contributed by atoms with van der Waals surface area (Å²) in [5, 5.41) is 21.4. The maximum Gasteiger partial charge on any atom is 0.240 e. The van der Waals surface area contributed by atoms with Crippen LogP contribution < -0.4 is 11.1 Å². The molecule has 0 bridgehead atoms. The first-order valence-electron chi connectivity index (χ1n) is 8.55. The first kappa shape index (κ1) is 20.1. The molecular formula is C19H19IN4O4. The minimum Gasteiger partial charge on any atom is -0.507 e. The molecule has 1 heterocycles. The zero-order valence-electron chi connectivity index (χ0n) is 14.8. The van der Waals surface area contributed by atoms with Crippen LogP contribution in [0.4, 0.5) is 5.95 Å². The number of carbonyl (C=O) groups excluding carboxylic acids is 2. The quantitative estimate of drug-likeness (QED) is 0.373. The third-order valence-corrected chi connectivity index (χ3v) is 5.13. The lowest BCUT2D eigenvalue weighted by atomic mass is 10.0. The molecular weight excluding hydrogens is 475 g/mol. The molecule has 8 nitrogen and oxygen atoms in total. The predicted octanol–water partition coefficient (Wildman–Crippen LogP) is 1.94. The summed E-state index contributed by atoms with van der Waals surface area (Å²) < 4.78 is 2.26. The molecule has 1 unspecified atom stereocenters. The summed E-state index contributed by atoms with van der Waals surface area (Å²) >= 11 is 2.01. The van der Waals surface area contributed by atoms with Gasteiger partial charge in [-0.25, -0.2) is 4.98 Å². The number of benzene rings is 2. The van der Waals surface area contributed by atoms with Crippen LogP contribution in [-0.4, -0.2) is 38.2 Å². The number of amides is 2. The number of anilines is 1. The second kappa shape index (κ2) is 8.57. The number of halogens is 1. The van der Waals surface area contributed by atoms with E-state index >= 15 is 0 Å². The number of carbonyl (C=O) groups is 2. The number of phenols is 1. The number of imidazole rings is 1. The van der Waals surface area contributed by atoms with E-state index in [1.165, 1.54) is 0 Å². The number of nitrogens with one attached hydrogen (secondary N) is 1. The number of aliphatic hydroxyl groups is 1. The molecule has 1 atom stereocenters. The van der Waals surface area contributed by atoms with Crippen LogP contribution >= 0.6 is 22.6 Å². The Hall–Kier alpha value is -2.66. The molecule has 28 heavy (non-hydrogen) atoms. The van der Waals surface area contributed by atoms with E-state index in [0.29, 0.717) is 14.6 Å². The fourth-order valence-electron chi connectivity index (χ4n) is 2.96. The number of nitrogens with zero attached hydrogens (tertiary/aromatic N) is 2. The van der Waals surface area contributed by atoms with Crippen LogP contribution in [0.2, 0.25) is 0 Å². The van der Waals surface area contributed by atoms with Crippen LogP contribution in [0.3, 0.4) is 0 Å². The summed E-state index contributed by atoms with van der Waals surface area (Å²) in [6, 6.07) is 11.4. The highest BCUT2D eigenvalue weighted by molar-refractivity contribution is 14.1. The van der Waals surface area contributed by atoms with Gasteiger partial charge in [0.05, 0.1) is 27.6 Å². The van der Waals surface area contributed by atoms with Crippen molar-refractivity contribution in [1.29, 1.82) is 0 Å². The SMILES string of the molecule is NC(=O)C(Cc1ccc(O)c(I)c1)n1c(NC(=O)CCO)nc2ccccc21. The van der Waals surface area contributed by atoms with Crippen molar-refractivity contribution in [2.45, 2.75) is 18.9 Å². The summed E-state index contributed by atoms with van der Waals surface area (Å²) in [7, 11) is 0. The van der Waals surface area contributed by atoms with Gasteiger partial charge in [0, 0.05) is 6.42 Å². The number of nitrogens with two attached hydrogens (primary N) is 1. The zero-order valence-corrected chi connectivity index (χ0v) is 17.0. The van der Waals surface area contributed by atoms with Crippen LogP contribution in [0.25, 0.3) is 11.0 Å². The number of rotatable bonds is 7. The first-order chi connectivity index (χ1) is 13.4. The molecule has 1 aromatic heterocycles. The molecule has 0 saturated heterocycles. The Kier molecular flexibility index (Phi) is 6.15. The molecule has 3 rings (SSSR count). The van der Waals surface area contributed by atoms with Gasteiger partial charge < -0.3 is 15.9 Å².